The summed E-state index contributed by atoms with van der Waals surface area (Å²) in [4.78, 5) is 2.34. The average Bonchev–Trinajstić information content (AvgIpc) is 3.27. The van der Waals surface area contributed by atoms with Gasteiger partial charge in [-0.05, 0) is 31.2 Å². The first-order chi connectivity index (χ1) is 9.24. The maximum atomic E-state index is 12.9. The zero-order valence-electron chi connectivity index (χ0n) is 11.6. The Morgan fingerprint density at radius 2 is 2.05 bits per heavy atom. The van der Waals surface area contributed by atoms with Crippen molar-refractivity contribution in [3.8, 4) is 0 Å². The zero-order chi connectivity index (χ0) is 13.3. The van der Waals surface area contributed by atoms with Crippen LogP contribution in [0.3, 0.4) is 0 Å². The van der Waals surface area contributed by atoms with E-state index in [2.05, 4.69) is 41.4 Å². The van der Waals surface area contributed by atoms with E-state index in [1.54, 1.807) is 0 Å². The minimum Gasteiger partial charge on any atom is -0.310 e. The Morgan fingerprint density at radius 3 is 2.68 bits per heavy atom. The van der Waals surface area contributed by atoms with Gasteiger partial charge < -0.3 is 5.32 Å². The van der Waals surface area contributed by atoms with Crippen LogP contribution < -0.4 is 5.32 Å². The molecule has 0 aromatic heterocycles. The maximum absolute atomic E-state index is 12.9. The molecule has 2 nitrogen and oxygen atoms in total. The van der Waals surface area contributed by atoms with Crippen LogP contribution in [0.4, 0.5) is 4.39 Å². The summed E-state index contributed by atoms with van der Waals surface area (Å²) in [6.07, 6.45) is 2.67. The minimum absolute atomic E-state index is 0.0846. The summed E-state index contributed by atoms with van der Waals surface area (Å²) < 4.78 is 12.9. The molecule has 1 N–H and O–H groups in total. The lowest BCUT2D eigenvalue weighted by molar-refractivity contribution is 0.0395. The van der Waals surface area contributed by atoms with Crippen molar-refractivity contribution in [2.75, 3.05) is 26.3 Å². The Labute approximate surface area is 115 Å². The number of nitrogens with one attached hydrogen (secondary N) is 1. The van der Waals surface area contributed by atoms with Gasteiger partial charge in [-0.2, -0.15) is 0 Å². The van der Waals surface area contributed by atoms with Gasteiger partial charge in [-0.1, -0.05) is 30.3 Å². The molecule has 1 aliphatic heterocycles. The standard InChI is InChI=1S/C16H23FN2/c1-16(14-5-3-2-4-6-14)12-18-15(13-7-8-13)11-19(16)10-9-17/h2-6,13,15,18H,7-12H2,1H3. The predicted octanol–water partition coefficient (Wildman–Crippen LogP) is 2.56. The number of rotatable bonds is 4. The van der Waals surface area contributed by atoms with Crippen LogP contribution in [0.2, 0.25) is 0 Å². The molecule has 2 atom stereocenters. The first-order valence-corrected chi connectivity index (χ1v) is 7.34. The molecule has 2 unspecified atom stereocenters. The number of halogens is 1. The van der Waals surface area contributed by atoms with Crippen LogP contribution >= 0.6 is 0 Å². The second kappa shape index (κ2) is 5.22. The number of hydrogen-bond acceptors (Lipinski definition) is 2. The Balaban J connectivity index is 1.82. The van der Waals surface area contributed by atoms with E-state index in [0.29, 0.717) is 12.6 Å². The quantitative estimate of drug-likeness (QED) is 0.897. The molecule has 104 valence electrons. The maximum Gasteiger partial charge on any atom is 0.102 e. The second-order valence-corrected chi connectivity index (χ2v) is 6.10. The summed E-state index contributed by atoms with van der Waals surface area (Å²) in [5, 5.41) is 3.69. The smallest absolute Gasteiger partial charge is 0.102 e. The molecule has 0 radical (unpaired) electrons. The molecule has 2 fully saturated rings. The monoisotopic (exact) mass is 262 g/mol. The lowest BCUT2D eigenvalue weighted by atomic mass is 9.86. The molecule has 3 heteroatoms. The second-order valence-electron chi connectivity index (χ2n) is 6.10. The van der Waals surface area contributed by atoms with Gasteiger partial charge in [-0.25, -0.2) is 4.39 Å². The molecule has 1 saturated heterocycles. The molecule has 1 saturated carbocycles. The fourth-order valence-electron chi connectivity index (χ4n) is 3.28. The van der Waals surface area contributed by atoms with Gasteiger partial charge in [-0.3, -0.25) is 4.90 Å². The molecule has 2 aliphatic rings. The minimum atomic E-state index is -0.264. The van der Waals surface area contributed by atoms with E-state index in [4.69, 9.17) is 0 Å². The number of nitrogens with zero attached hydrogens (tertiary/aromatic N) is 1. The molecule has 0 amide bonds. The normalized spacial score (nSPS) is 32.4. The van der Waals surface area contributed by atoms with Crippen LogP contribution in [0.5, 0.6) is 0 Å². The lowest BCUT2D eigenvalue weighted by Crippen LogP contribution is -2.62. The van der Waals surface area contributed by atoms with Crippen molar-refractivity contribution in [2.45, 2.75) is 31.3 Å². The van der Waals surface area contributed by atoms with Gasteiger partial charge >= 0.3 is 0 Å². The Bertz CT molecular complexity index is 418. The van der Waals surface area contributed by atoms with Gasteiger partial charge in [0, 0.05) is 25.7 Å². The average molecular weight is 262 g/mol. The molecule has 1 aromatic rings. The molecule has 1 heterocycles. The highest BCUT2D eigenvalue weighted by atomic mass is 19.1. The Morgan fingerprint density at radius 1 is 1.32 bits per heavy atom. The molecule has 3 rings (SSSR count). The van der Waals surface area contributed by atoms with Crippen LogP contribution in [0, 0.1) is 5.92 Å². The van der Waals surface area contributed by atoms with Crippen LogP contribution in [0.15, 0.2) is 30.3 Å². The molecule has 0 spiro atoms. The van der Waals surface area contributed by atoms with E-state index in [1.807, 2.05) is 6.07 Å². The van der Waals surface area contributed by atoms with Crippen molar-refractivity contribution >= 4 is 0 Å². The Hall–Kier alpha value is -0.930. The van der Waals surface area contributed by atoms with Crippen molar-refractivity contribution in [2.24, 2.45) is 5.92 Å². The van der Waals surface area contributed by atoms with Gasteiger partial charge in [0.1, 0.15) is 6.67 Å². The van der Waals surface area contributed by atoms with Crippen molar-refractivity contribution in [1.29, 1.82) is 0 Å². The largest absolute Gasteiger partial charge is 0.310 e. The van der Waals surface area contributed by atoms with E-state index in [1.165, 1.54) is 18.4 Å². The van der Waals surface area contributed by atoms with E-state index >= 15 is 0 Å². The van der Waals surface area contributed by atoms with Gasteiger partial charge in [0.25, 0.3) is 0 Å². The lowest BCUT2D eigenvalue weighted by Gasteiger charge is -2.48. The fourth-order valence-corrected chi connectivity index (χ4v) is 3.28. The molecule has 0 bridgehead atoms. The Kier molecular flexibility index (Phi) is 3.59. The molecular weight excluding hydrogens is 239 g/mol. The fraction of sp³-hybridized carbons (Fsp3) is 0.625. The molecule has 19 heavy (non-hydrogen) atoms. The summed E-state index contributed by atoms with van der Waals surface area (Å²) in [5.74, 6) is 0.822. The van der Waals surface area contributed by atoms with Crippen LogP contribution in [-0.4, -0.2) is 37.3 Å². The summed E-state index contributed by atoms with van der Waals surface area (Å²) in [6.45, 7) is 4.39. The van der Waals surface area contributed by atoms with Crippen LogP contribution in [-0.2, 0) is 5.54 Å². The van der Waals surface area contributed by atoms with Crippen molar-refractivity contribution in [1.82, 2.24) is 10.2 Å². The van der Waals surface area contributed by atoms with E-state index in [9.17, 15) is 4.39 Å². The van der Waals surface area contributed by atoms with Crippen molar-refractivity contribution < 1.29 is 4.39 Å². The third kappa shape index (κ3) is 2.54. The third-order valence-electron chi connectivity index (χ3n) is 4.76. The van der Waals surface area contributed by atoms with Crippen LogP contribution in [0.1, 0.15) is 25.3 Å². The topological polar surface area (TPSA) is 15.3 Å². The van der Waals surface area contributed by atoms with E-state index < -0.39 is 0 Å². The van der Waals surface area contributed by atoms with E-state index in [-0.39, 0.29) is 12.2 Å². The molecular formula is C16H23FN2. The van der Waals surface area contributed by atoms with Crippen LogP contribution in [0.25, 0.3) is 0 Å². The summed E-state index contributed by atoms with van der Waals surface area (Å²) in [6, 6.07) is 11.1. The summed E-state index contributed by atoms with van der Waals surface area (Å²) >= 11 is 0. The number of benzene rings is 1. The predicted molar refractivity (Wildman–Crippen MR) is 75.9 cm³/mol. The number of hydrogen-bond donors (Lipinski definition) is 1. The first kappa shape index (κ1) is 13.1. The SMILES string of the molecule is CC1(c2ccccc2)CNC(C2CC2)CN1CCF. The summed E-state index contributed by atoms with van der Waals surface area (Å²) in [5.41, 5.74) is 1.20. The van der Waals surface area contributed by atoms with Gasteiger partial charge in [0.2, 0.25) is 0 Å². The van der Waals surface area contributed by atoms with Crippen molar-refractivity contribution in [3.63, 3.8) is 0 Å². The zero-order valence-corrected chi connectivity index (χ0v) is 11.6. The molecule has 1 aromatic carbocycles. The first-order valence-electron chi connectivity index (χ1n) is 7.34. The van der Waals surface area contributed by atoms with Gasteiger partial charge in [0.15, 0.2) is 0 Å². The van der Waals surface area contributed by atoms with E-state index in [0.717, 1.165) is 19.0 Å². The molecule has 1 aliphatic carbocycles. The highest BCUT2D eigenvalue weighted by Crippen LogP contribution is 2.38. The number of alkyl halides is 1. The van der Waals surface area contributed by atoms with Crippen molar-refractivity contribution in [3.05, 3.63) is 35.9 Å². The summed E-state index contributed by atoms with van der Waals surface area (Å²) in [7, 11) is 0. The van der Waals surface area contributed by atoms with Gasteiger partial charge in [0.05, 0.1) is 5.54 Å². The highest BCUT2D eigenvalue weighted by molar-refractivity contribution is 5.25. The number of piperazine rings is 1. The highest BCUT2D eigenvalue weighted by Gasteiger charge is 2.43. The van der Waals surface area contributed by atoms with Gasteiger partial charge in [-0.15, -0.1) is 0 Å². The third-order valence-corrected chi connectivity index (χ3v) is 4.76.